The van der Waals surface area contributed by atoms with Crippen molar-refractivity contribution in [2.75, 3.05) is 0 Å². The number of carbonyl (C=O) groups is 2. The standard InChI is InChI=1S/C27H19FN4O2/c28-22-11-9-18(10-12-22)15-32-26(33)24(30-27(32)34)13-21-17-31(25-8-4-3-7-23(21)25)16-20-6-2-1-5-19(20)14-29/h1-13,17H,15-16H2,(H,30,34). The van der Waals surface area contributed by atoms with E-state index in [0.29, 0.717) is 17.7 Å². The fourth-order valence-electron chi connectivity index (χ4n) is 4.11. The first kappa shape index (κ1) is 21.2. The zero-order chi connectivity index (χ0) is 23.7. The highest BCUT2D eigenvalue weighted by Crippen LogP contribution is 2.26. The average molecular weight is 450 g/mol. The normalized spacial score (nSPS) is 14.6. The molecule has 1 aliphatic rings. The lowest BCUT2D eigenvalue weighted by Crippen LogP contribution is -2.30. The number of nitrogens with one attached hydrogen (secondary N) is 1. The Morgan fingerprint density at radius 3 is 2.47 bits per heavy atom. The molecule has 1 aliphatic heterocycles. The number of benzene rings is 3. The van der Waals surface area contributed by atoms with Gasteiger partial charge in [-0.05, 0) is 41.5 Å². The van der Waals surface area contributed by atoms with Crippen molar-refractivity contribution in [2.24, 2.45) is 0 Å². The molecule has 6 nitrogen and oxygen atoms in total. The molecular formula is C27H19FN4O2. The molecule has 1 N–H and O–H groups in total. The van der Waals surface area contributed by atoms with Gasteiger partial charge in [0.2, 0.25) is 0 Å². The van der Waals surface area contributed by atoms with E-state index in [1.165, 1.54) is 12.1 Å². The number of aromatic nitrogens is 1. The molecule has 3 amide bonds. The maximum Gasteiger partial charge on any atom is 0.329 e. The Balaban J connectivity index is 1.47. The van der Waals surface area contributed by atoms with Gasteiger partial charge in [0, 0.05) is 29.2 Å². The van der Waals surface area contributed by atoms with E-state index < -0.39 is 11.9 Å². The molecule has 0 bridgehead atoms. The third-order valence-electron chi connectivity index (χ3n) is 5.81. The second kappa shape index (κ2) is 8.68. The van der Waals surface area contributed by atoms with Crippen LogP contribution in [0.3, 0.4) is 0 Å². The fourth-order valence-corrected chi connectivity index (χ4v) is 4.11. The van der Waals surface area contributed by atoms with Gasteiger partial charge in [-0.3, -0.25) is 9.69 Å². The fraction of sp³-hybridized carbons (Fsp3) is 0.0741. The molecule has 1 aromatic heterocycles. The average Bonchev–Trinajstić information content (AvgIpc) is 3.33. The molecule has 7 heteroatoms. The van der Waals surface area contributed by atoms with Crippen LogP contribution in [0.4, 0.5) is 9.18 Å². The van der Waals surface area contributed by atoms with Crippen LogP contribution in [0.25, 0.3) is 17.0 Å². The zero-order valence-corrected chi connectivity index (χ0v) is 18.0. The highest BCUT2D eigenvalue weighted by Gasteiger charge is 2.33. The lowest BCUT2D eigenvalue weighted by atomic mass is 10.1. The molecule has 166 valence electrons. The van der Waals surface area contributed by atoms with Gasteiger partial charge < -0.3 is 9.88 Å². The minimum absolute atomic E-state index is 0.0506. The van der Waals surface area contributed by atoms with Crippen LogP contribution >= 0.6 is 0 Å². The Bertz CT molecular complexity index is 1500. The number of nitrogens with zero attached hydrogens (tertiary/aromatic N) is 3. The number of halogens is 1. The highest BCUT2D eigenvalue weighted by molar-refractivity contribution is 6.14. The van der Waals surface area contributed by atoms with Crippen molar-refractivity contribution in [2.45, 2.75) is 13.1 Å². The van der Waals surface area contributed by atoms with Crippen LogP contribution in [0.2, 0.25) is 0 Å². The number of para-hydroxylation sites is 1. The molecule has 0 atom stereocenters. The Kier molecular flexibility index (Phi) is 5.40. The molecular weight excluding hydrogens is 431 g/mol. The largest absolute Gasteiger partial charge is 0.342 e. The third-order valence-corrected chi connectivity index (χ3v) is 5.81. The second-order valence-corrected chi connectivity index (χ2v) is 8.00. The molecule has 0 aliphatic carbocycles. The predicted octanol–water partition coefficient (Wildman–Crippen LogP) is 4.79. The molecule has 0 radical (unpaired) electrons. The molecule has 0 spiro atoms. The van der Waals surface area contributed by atoms with E-state index in [9.17, 15) is 19.2 Å². The number of urea groups is 1. The van der Waals surface area contributed by atoms with Gasteiger partial charge in [0.15, 0.2) is 0 Å². The lowest BCUT2D eigenvalue weighted by molar-refractivity contribution is -0.123. The maximum absolute atomic E-state index is 13.2. The number of hydrogen-bond acceptors (Lipinski definition) is 3. The molecule has 1 fully saturated rings. The number of hydrogen-bond donors (Lipinski definition) is 1. The van der Waals surface area contributed by atoms with E-state index in [1.54, 1.807) is 24.3 Å². The Morgan fingerprint density at radius 2 is 1.68 bits per heavy atom. The molecule has 0 saturated carbocycles. The van der Waals surface area contributed by atoms with Gasteiger partial charge in [-0.15, -0.1) is 0 Å². The van der Waals surface area contributed by atoms with Crippen LogP contribution < -0.4 is 5.32 Å². The summed E-state index contributed by atoms with van der Waals surface area (Å²) in [6, 6.07) is 22.6. The van der Waals surface area contributed by atoms with Crippen LogP contribution in [0.1, 0.15) is 22.3 Å². The van der Waals surface area contributed by atoms with Crippen LogP contribution in [0.15, 0.2) is 84.7 Å². The van der Waals surface area contributed by atoms with Crippen molar-refractivity contribution < 1.29 is 14.0 Å². The first-order valence-corrected chi connectivity index (χ1v) is 10.7. The van der Waals surface area contributed by atoms with Gasteiger partial charge in [-0.25, -0.2) is 9.18 Å². The number of fused-ring (bicyclic) bond motifs is 1. The summed E-state index contributed by atoms with van der Waals surface area (Å²) >= 11 is 0. The summed E-state index contributed by atoms with van der Waals surface area (Å²) in [5.74, 6) is -0.823. The van der Waals surface area contributed by atoms with Crippen LogP contribution in [0.5, 0.6) is 0 Å². The van der Waals surface area contributed by atoms with E-state index in [4.69, 9.17) is 0 Å². The number of amides is 3. The summed E-state index contributed by atoms with van der Waals surface area (Å²) in [7, 11) is 0. The minimum atomic E-state index is -0.521. The van der Waals surface area contributed by atoms with Gasteiger partial charge >= 0.3 is 6.03 Å². The summed E-state index contributed by atoms with van der Waals surface area (Å²) in [6.45, 7) is 0.541. The summed E-state index contributed by atoms with van der Waals surface area (Å²) in [6.07, 6.45) is 3.58. The summed E-state index contributed by atoms with van der Waals surface area (Å²) in [5.41, 5.74) is 4.04. The monoisotopic (exact) mass is 450 g/mol. The van der Waals surface area contributed by atoms with E-state index in [1.807, 2.05) is 53.2 Å². The van der Waals surface area contributed by atoms with Gasteiger partial charge in [0.25, 0.3) is 5.91 Å². The van der Waals surface area contributed by atoms with E-state index in [2.05, 4.69) is 11.4 Å². The Hall–Kier alpha value is -4.70. The minimum Gasteiger partial charge on any atom is -0.342 e. The van der Waals surface area contributed by atoms with Crippen molar-refractivity contribution in [3.63, 3.8) is 0 Å². The summed E-state index contributed by atoms with van der Waals surface area (Å²) in [4.78, 5) is 26.5. The van der Waals surface area contributed by atoms with Gasteiger partial charge in [-0.2, -0.15) is 5.26 Å². The van der Waals surface area contributed by atoms with E-state index in [-0.39, 0.29) is 18.1 Å². The first-order valence-electron chi connectivity index (χ1n) is 10.7. The number of carbonyl (C=O) groups excluding carboxylic acids is 2. The van der Waals surface area contributed by atoms with Crippen molar-refractivity contribution in [3.8, 4) is 6.07 Å². The smallest absolute Gasteiger partial charge is 0.329 e. The van der Waals surface area contributed by atoms with E-state index >= 15 is 0 Å². The Labute approximate surface area is 195 Å². The molecule has 0 unspecified atom stereocenters. The van der Waals surface area contributed by atoms with Gasteiger partial charge in [-0.1, -0.05) is 48.5 Å². The summed E-state index contributed by atoms with van der Waals surface area (Å²) < 4.78 is 15.2. The zero-order valence-electron chi connectivity index (χ0n) is 18.0. The number of rotatable bonds is 5. The maximum atomic E-state index is 13.2. The van der Waals surface area contributed by atoms with Crippen molar-refractivity contribution in [1.82, 2.24) is 14.8 Å². The van der Waals surface area contributed by atoms with Gasteiger partial charge in [0.05, 0.1) is 18.2 Å². The molecule has 34 heavy (non-hydrogen) atoms. The third kappa shape index (κ3) is 3.93. The van der Waals surface area contributed by atoms with Crippen molar-refractivity contribution in [3.05, 3.63) is 113 Å². The lowest BCUT2D eigenvalue weighted by Gasteiger charge is -2.11. The quantitative estimate of drug-likeness (QED) is 0.351. The molecule has 2 heterocycles. The molecule has 4 aromatic rings. The van der Waals surface area contributed by atoms with Crippen LogP contribution in [-0.4, -0.2) is 21.4 Å². The summed E-state index contributed by atoms with van der Waals surface area (Å²) in [5, 5.41) is 13.0. The molecule has 1 saturated heterocycles. The van der Waals surface area contributed by atoms with Crippen LogP contribution in [0, 0.1) is 17.1 Å². The molecule has 3 aromatic carbocycles. The van der Waals surface area contributed by atoms with Crippen molar-refractivity contribution in [1.29, 1.82) is 5.26 Å². The Morgan fingerprint density at radius 1 is 0.941 bits per heavy atom. The first-order chi connectivity index (χ1) is 16.5. The SMILES string of the molecule is N#Cc1ccccc1Cn1cc(C=C2NC(=O)N(Cc3ccc(F)cc3)C2=O)c2ccccc21. The van der Waals surface area contributed by atoms with Crippen LogP contribution in [-0.2, 0) is 17.9 Å². The predicted molar refractivity (Wildman–Crippen MR) is 126 cm³/mol. The molecule has 5 rings (SSSR count). The second-order valence-electron chi connectivity index (χ2n) is 8.00. The highest BCUT2D eigenvalue weighted by atomic mass is 19.1. The number of nitriles is 1. The van der Waals surface area contributed by atoms with Crippen molar-refractivity contribution >= 4 is 28.9 Å². The topological polar surface area (TPSA) is 78.1 Å². The van der Waals surface area contributed by atoms with Gasteiger partial charge in [0.1, 0.15) is 11.5 Å². The van der Waals surface area contributed by atoms with E-state index in [0.717, 1.165) is 26.9 Å². The number of imide groups is 1.